The number of rotatable bonds is 10. The normalized spacial score (nSPS) is 13.2. The number of hydrogen-bond donors (Lipinski definition) is 0. The molecule has 0 spiro atoms. The minimum atomic E-state index is -5.40. The first-order valence-corrected chi connectivity index (χ1v) is 17.4. The largest absolute Gasteiger partial charge is 0.452 e. The van der Waals surface area contributed by atoms with Gasteiger partial charge < -0.3 is 14.2 Å². The SMILES string of the molecule is CC(F)(F)C(F)(F)F.CC(F)(F)CC(F)(F)CC(F)(F)F.CC(F)(F)F.CCC(C)(F)F.CCC(C)OC.CCC(F)(F)CC(F)(F)F.COC(C)(C)C.COCC(C)C. The number of halogens is 22. The Morgan fingerprint density at radius 3 is 0.783 bits per heavy atom. The Morgan fingerprint density at radius 2 is 0.717 bits per heavy atom. The van der Waals surface area contributed by atoms with Gasteiger partial charge >= 0.3 is 30.6 Å². The second-order valence-corrected chi connectivity index (χ2v) is 14.1. The smallest absolute Gasteiger partial charge is 0.384 e. The molecular formula is C35H64F22O3. The van der Waals surface area contributed by atoms with Crippen molar-refractivity contribution in [3.8, 4) is 0 Å². The van der Waals surface area contributed by atoms with Gasteiger partial charge in [0, 0.05) is 54.6 Å². The van der Waals surface area contributed by atoms with Crippen molar-refractivity contribution in [2.24, 2.45) is 5.92 Å². The summed E-state index contributed by atoms with van der Waals surface area (Å²) in [6.45, 7) is 18.9. The molecule has 0 saturated carbocycles. The fourth-order valence-corrected chi connectivity index (χ4v) is 1.73. The molecule has 376 valence electrons. The second-order valence-electron chi connectivity index (χ2n) is 14.1. The number of alkyl halides is 22. The molecule has 60 heavy (non-hydrogen) atoms. The lowest BCUT2D eigenvalue weighted by Gasteiger charge is -2.21. The molecule has 0 bridgehead atoms. The van der Waals surface area contributed by atoms with Crippen LogP contribution in [0.4, 0.5) is 96.6 Å². The van der Waals surface area contributed by atoms with Crippen molar-refractivity contribution >= 4 is 0 Å². The standard InChI is InChI=1S/C6H7F7.C5H7F5.3C5H12O.C4H8F2.C3H3F5.C2H3F3/c1-4(7,8)2-5(9,10)3-6(11,12)13;1-2-4(6,7)3-5(8,9)10;1-5(2)4-6-3;1-5(2,3)6-4;1-4-5(2)6-3;1-3-4(2,5)6;1-2(4,5)3(6,7)8;1-2(3,4)5/h2-3H2,1H3;2-3H2,1H3;5H,4H2,1-3H3;1-4H3;5H,4H2,1-3H3;3H2,1-2H3;1H3;1H3. The van der Waals surface area contributed by atoms with Gasteiger partial charge in [0.2, 0.25) is 5.92 Å². The van der Waals surface area contributed by atoms with E-state index in [9.17, 15) is 96.6 Å². The van der Waals surface area contributed by atoms with Crippen molar-refractivity contribution < 1.29 is 111 Å². The molecule has 0 aliphatic rings. The fourth-order valence-electron chi connectivity index (χ4n) is 1.73. The quantitative estimate of drug-likeness (QED) is 0.204. The van der Waals surface area contributed by atoms with Crippen LogP contribution in [-0.4, -0.2) is 94.0 Å². The zero-order valence-electron chi connectivity index (χ0n) is 36.6. The second kappa shape index (κ2) is 32.9. The lowest BCUT2D eigenvalue weighted by molar-refractivity contribution is -0.273. The van der Waals surface area contributed by atoms with Crippen LogP contribution in [0.25, 0.3) is 0 Å². The highest BCUT2D eigenvalue weighted by Gasteiger charge is 2.53. The third-order valence-electron chi connectivity index (χ3n) is 5.21. The molecule has 0 fully saturated rings. The van der Waals surface area contributed by atoms with Crippen LogP contribution in [0.1, 0.15) is 129 Å². The van der Waals surface area contributed by atoms with Gasteiger partial charge in [-0.05, 0) is 53.9 Å². The zero-order valence-corrected chi connectivity index (χ0v) is 36.6. The Bertz CT molecular complexity index is 882. The van der Waals surface area contributed by atoms with Gasteiger partial charge in [-0.2, -0.15) is 61.5 Å². The summed E-state index contributed by atoms with van der Waals surface area (Å²) in [4.78, 5) is 0. The van der Waals surface area contributed by atoms with Crippen molar-refractivity contribution in [3.63, 3.8) is 0 Å². The highest BCUT2D eigenvalue weighted by molar-refractivity contribution is 4.77. The summed E-state index contributed by atoms with van der Waals surface area (Å²) in [5.41, 5.74) is 0.0417. The monoisotopic (exact) mass is 950 g/mol. The first-order valence-electron chi connectivity index (χ1n) is 17.4. The molecule has 0 saturated heterocycles. The molecule has 0 aromatic heterocycles. The van der Waals surface area contributed by atoms with Gasteiger partial charge in [0.1, 0.15) is 12.8 Å². The lowest BCUT2D eigenvalue weighted by Crippen LogP contribution is -2.32. The van der Waals surface area contributed by atoms with E-state index in [0.717, 1.165) is 26.9 Å². The third kappa shape index (κ3) is 101. The summed E-state index contributed by atoms with van der Waals surface area (Å²) in [6.07, 6.45) is -25.2. The van der Waals surface area contributed by atoms with Crippen molar-refractivity contribution in [1.82, 2.24) is 0 Å². The minimum absolute atomic E-state index is 0.0417. The first kappa shape index (κ1) is 75.7. The molecule has 0 amide bonds. The molecule has 25 heteroatoms. The maximum absolute atomic E-state index is 12.2. The number of ether oxygens (including phenoxy) is 3. The lowest BCUT2D eigenvalue weighted by atomic mass is 10.1. The number of methoxy groups -OCH3 is 3. The number of hydrogen-bond acceptors (Lipinski definition) is 3. The van der Waals surface area contributed by atoms with E-state index in [-0.39, 0.29) is 32.8 Å². The molecule has 0 N–H and O–H groups in total. The fraction of sp³-hybridized carbons (Fsp3) is 1.00. The van der Waals surface area contributed by atoms with Crippen LogP contribution in [0.3, 0.4) is 0 Å². The zero-order chi connectivity index (χ0) is 51.2. The van der Waals surface area contributed by atoms with Crippen molar-refractivity contribution in [3.05, 3.63) is 0 Å². The first-order chi connectivity index (χ1) is 25.6. The van der Waals surface area contributed by atoms with E-state index in [4.69, 9.17) is 14.2 Å². The van der Waals surface area contributed by atoms with Gasteiger partial charge in [-0.25, -0.2) is 35.1 Å². The predicted molar refractivity (Wildman–Crippen MR) is 186 cm³/mol. The average Bonchev–Trinajstić information content (AvgIpc) is 2.92. The van der Waals surface area contributed by atoms with Crippen LogP contribution in [0.5, 0.6) is 0 Å². The topological polar surface area (TPSA) is 27.7 Å². The van der Waals surface area contributed by atoms with Gasteiger partial charge in [-0.15, -0.1) is 0 Å². The molecule has 0 rings (SSSR count). The van der Waals surface area contributed by atoms with Gasteiger partial charge in [-0.1, -0.05) is 34.6 Å². The molecule has 1 atom stereocenters. The van der Waals surface area contributed by atoms with E-state index >= 15 is 0 Å². The van der Waals surface area contributed by atoms with Gasteiger partial charge in [0.05, 0.1) is 18.1 Å². The Hall–Kier alpha value is -1.66. The molecule has 0 aromatic carbocycles. The molecule has 0 aromatic rings. The van der Waals surface area contributed by atoms with Crippen LogP contribution in [0.15, 0.2) is 0 Å². The van der Waals surface area contributed by atoms with Gasteiger partial charge in [-0.3, -0.25) is 0 Å². The summed E-state index contributed by atoms with van der Waals surface area (Å²) in [5, 5.41) is 0. The van der Waals surface area contributed by atoms with Gasteiger partial charge in [0.25, 0.3) is 17.8 Å². The van der Waals surface area contributed by atoms with Crippen LogP contribution < -0.4 is 0 Å². The Labute approximate surface area is 339 Å². The van der Waals surface area contributed by atoms with E-state index < -0.39 is 80.0 Å². The van der Waals surface area contributed by atoms with Crippen molar-refractivity contribution in [2.45, 2.75) is 195 Å². The molecule has 3 nitrogen and oxygen atoms in total. The predicted octanol–water partition coefficient (Wildman–Crippen LogP) is 16.6. The average molecular weight is 951 g/mol. The van der Waals surface area contributed by atoms with Crippen LogP contribution in [-0.2, 0) is 14.2 Å². The van der Waals surface area contributed by atoms with Crippen molar-refractivity contribution in [1.29, 1.82) is 0 Å². The van der Waals surface area contributed by atoms with Crippen molar-refractivity contribution in [2.75, 3.05) is 27.9 Å². The summed E-state index contributed by atoms with van der Waals surface area (Å²) < 4.78 is 263. The highest BCUT2D eigenvalue weighted by Crippen LogP contribution is 2.38. The Kier molecular flexibility index (Phi) is 41.5. The van der Waals surface area contributed by atoms with E-state index in [2.05, 4.69) is 27.7 Å². The van der Waals surface area contributed by atoms with E-state index in [1.54, 1.807) is 21.3 Å². The minimum Gasteiger partial charge on any atom is -0.384 e. The Morgan fingerprint density at radius 1 is 0.450 bits per heavy atom. The van der Waals surface area contributed by atoms with E-state index in [1.807, 2.05) is 20.8 Å². The van der Waals surface area contributed by atoms with E-state index in [1.165, 1.54) is 6.92 Å². The Balaban J connectivity index is -0.0000000878. The van der Waals surface area contributed by atoms with Gasteiger partial charge in [0.15, 0.2) is 0 Å². The molecule has 0 heterocycles. The summed E-state index contributed by atoms with van der Waals surface area (Å²) in [6, 6.07) is 0. The molecule has 0 radical (unpaired) electrons. The maximum atomic E-state index is 12.2. The van der Waals surface area contributed by atoms with Crippen LogP contribution in [0, 0.1) is 5.92 Å². The molecule has 0 aliphatic heterocycles. The molecule has 0 aliphatic carbocycles. The maximum Gasteiger partial charge on any atom is 0.452 e. The van der Waals surface area contributed by atoms with Crippen LogP contribution in [0.2, 0.25) is 0 Å². The highest BCUT2D eigenvalue weighted by atomic mass is 19.4. The third-order valence-corrected chi connectivity index (χ3v) is 5.21. The summed E-state index contributed by atoms with van der Waals surface area (Å²) in [5.74, 6) is -18.1. The molecular weight excluding hydrogens is 886 g/mol. The molecule has 1 unspecified atom stereocenters. The summed E-state index contributed by atoms with van der Waals surface area (Å²) >= 11 is 0. The van der Waals surface area contributed by atoms with Crippen LogP contribution >= 0.6 is 0 Å². The van der Waals surface area contributed by atoms with E-state index in [0.29, 0.717) is 12.0 Å². The summed E-state index contributed by atoms with van der Waals surface area (Å²) in [7, 11) is 5.16.